The third kappa shape index (κ3) is 4.90. The summed E-state index contributed by atoms with van der Waals surface area (Å²) in [5.41, 5.74) is 2.62. The van der Waals surface area contributed by atoms with Crippen LogP contribution in [0.4, 0.5) is 0 Å². The highest BCUT2D eigenvalue weighted by atomic mass is 32.2. The number of H-pyrrole nitrogens is 1. The summed E-state index contributed by atoms with van der Waals surface area (Å²) in [6.45, 7) is 4.77. The zero-order valence-corrected chi connectivity index (χ0v) is 19.1. The molecule has 3 N–H and O–H groups in total. The first-order valence-electron chi connectivity index (χ1n) is 11.2. The topological polar surface area (TPSA) is 74.0 Å². The maximum Gasteiger partial charge on any atom is 0.251 e. The molecule has 0 aliphatic carbocycles. The summed E-state index contributed by atoms with van der Waals surface area (Å²) in [7, 11) is 0. The average Bonchev–Trinajstić information content (AvgIpc) is 3.19. The molecule has 31 heavy (non-hydrogen) atoms. The summed E-state index contributed by atoms with van der Waals surface area (Å²) in [6, 6.07) is 13.2. The Morgan fingerprint density at radius 2 is 1.84 bits per heavy atom. The second kappa shape index (κ2) is 9.77. The number of thioether (sulfide) groups is 1. The number of aromatic amines is 1. The van der Waals surface area contributed by atoms with Crippen LogP contribution < -0.4 is 10.6 Å². The molecule has 164 valence electrons. The number of rotatable bonds is 7. The zero-order chi connectivity index (χ0) is 21.8. The zero-order valence-electron chi connectivity index (χ0n) is 18.2. The molecule has 2 atom stereocenters. The maximum atomic E-state index is 13.1. The van der Waals surface area contributed by atoms with Crippen LogP contribution >= 0.6 is 11.8 Å². The van der Waals surface area contributed by atoms with Crippen molar-refractivity contribution in [3.05, 3.63) is 48.0 Å². The summed E-state index contributed by atoms with van der Waals surface area (Å²) < 4.78 is 0. The molecule has 0 radical (unpaired) electrons. The third-order valence-electron chi connectivity index (χ3n) is 6.46. The fraction of sp³-hybridized carbons (Fsp3) is 0.440. The quantitative estimate of drug-likeness (QED) is 0.500. The second-order valence-corrected chi connectivity index (χ2v) is 9.79. The lowest BCUT2D eigenvalue weighted by Crippen LogP contribution is -2.51. The van der Waals surface area contributed by atoms with Crippen molar-refractivity contribution in [2.45, 2.75) is 39.2 Å². The molecule has 3 aromatic rings. The first kappa shape index (κ1) is 21.8. The van der Waals surface area contributed by atoms with Crippen LogP contribution in [0.15, 0.2) is 42.5 Å². The van der Waals surface area contributed by atoms with Crippen LogP contribution in [-0.2, 0) is 4.79 Å². The van der Waals surface area contributed by atoms with Crippen molar-refractivity contribution in [1.29, 1.82) is 0 Å². The SMILES string of the molecule is CCC(C)[C@H](NC(=O)c1ccc2[nH]c3ccccc3c2c1)C(=O)NCC1CCSCC1. The predicted octanol–water partition coefficient (Wildman–Crippen LogP) is 4.73. The van der Waals surface area contributed by atoms with E-state index in [9.17, 15) is 9.59 Å². The first-order chi connectivity index (χ1) is 15.1. The highest BCUT2D eigenvalue weighted by Crippen LogP contribution is 2.26. The van der Waals surface area contributed by atoms with Gasteiger partial charge in [-0.1, -0.05) is 38.5 Å². The molecule has 1 aliphatic heterocycles. The number of carbonyl (C=O) groups excluding carboxylic acids is 2. The average molecular weight is 438 g/mol. The molecule has 1 aromatic heterocycles. The van der Waals surface area contributed by atoms with Crippen molar-refractivity contribution in [2.75, 3.05) is 18.1 Å². The molecule has 1 unspecified atom stereocenters. The first-order valence-corrected chi connectivity index (χ1v) is 12.4. The largest absolute Gasteiger partial charge is 0.355 e. The Morgan fingerprint density at radius 1 is 1.10 bits per heavy atom. The lowest BCUT2D eigenvalue weighted by molar-refractivity contribution is -0.124. The number of benzene rings is 2. The van der Waals surface area contributed by atoms with E-state index in [1.54, 1.807) is 0 Å². The van der Waals surface area contributed by atoms with E-state index in [0.717, 1.165) is 41.1 Å². The minimum Gasteiger partial charge on any atom is -0.355 e. The van der Waals surface area contributed by atoms with E-state index in [1.807, 2.05) is 62.0 Å². The van der Waals surface area contributed by atoms with Crippen LogP contribution in [0.5, 0.6) is 0 Å². The van der Waals surface area contributed by atoms with Crippen LogP contribution in [0, 0.1) is 11.8 Å². The monoisotopic (exact) mass is 437 g/mol. The van der Waals surface area contributed by atoms with Crippen molar-refractivity contribution >= 4 is 45.4 Å². The number of para-hydroxylation sites is 1. The molecule has 4 rings (SSSR count). The molecule has 0 saturated carbocycles. The van der Waals surface area contributed by atoms with Crippen molar-refractivity contribution in [1.82, 2.24) is 15.6 Å². The van der Waals surface area contributed by atoms with Crippen LogP contribution in [0.2, 0.25) is 0 Å². The van der Waals surface area contributed by atoms with E-state index in [-0.39, 0.29) is 17.7 Å². The van der Waals surface area contributed by atoms with Crippen LogP contribution in [-0.4, -0.2) is 40.9 Å². The summed E-state index contributed by atoms with van der Waals surface area (Å²) >= 11 is 1.98. The van der Waals surface area contributed by atoms with Gasteiger partial charge in [-0.05, 0) is 60.4 Å². The molecule has 2 amide bonds. The van der Waals surface area contributed by atoms with Gasteiger partial charge in [-0.3, -0.25) is 9.59 Å². The van der Waals surface area contributed by atoms with Gasteiger partial charge in [-0.2, -0.15) is 11.8 Å². The van der Waals surface area contributed by atoms with Crippen LogP contribution in [0.25, 0.3) is 21.8 Å². The number of hydrogen-bond donors (Lipinski definition) is 3. The lowest BCUT2D eigenvalue weighted by atomic mass is 9.97. The lowest BCUT2D eigenvalue weighted by Gasteiger charge is -2.26. The van der Waals surface area contributed by atoms with Gasteiger partial charge in [-0.25, -0.2) is 0 Å². The van der Waals surface area contributed by atoms with Gasteiger partial charge in [0.1, 0.15) is 6.04 Å². The van der Waals surface area contributed by atoms with E-state index in [1.165, 1.54) is 11.5 Å². The molecule has 5 nitrogen and oxygen atoms in total. The van der Waals surface area contributed by atoms with Gasteiger partial charge in [-0.15, -0.1) is 0 Å². The Bertz CT molecular complexity index is 1070. The van der Waals surface area contributed by atoms with Crippen molar-refractivity contribution in [3.8, 4) is 0 Å². The minimum absolute atomic E-state index is 0.0580. The predicted molar refractivity (Wildman–Crippen MR) is 130 cm³/mol. The molecular weight excluding hydrogens is 406 g/mol. The van der Waals surface area contributed by atoms with E-state index < -0.39 is 6.04 Å². The van der Waals surface area contributed by atoms with Gasteiger partial charge in [0.05, 0.1) is 0 Å². The summed E-state index contributed by atoms with van der Waals surface area (Å²) in [5.74, 6) is 2.66. The smallest absolute Gasteiger partial charge is 0.251 e. The minimum atomic E-state index is -0.533. The molecule has 2 aromatic carbocycles. The maximum absolute atomic E-state index is 13.1. The number of hydrogen-bond acceptors (Lipinski definition) is 3. The Labute approximate surface area is 187 Å². The van der Waals surface area contributed by atoms with E-state index in [2.05, 4.69) is 21.7 Å². The van der Waals surface area contributed by atoms with E-state index in [4.69, 9.17) is 0 Å². The van der Waals surface area contributed by atoms with Crippen LogP contribution in [0.1, 0.15) is 43.5 Å². The normalized spacial score (nSPS) is 16.8. The Balaban J connectivity index is 1.49. The summed E-state index contributed by atoms with van der Waals surface area (Å²) in [5, 5.41) is 8.23. The number of amides is 2. The molecule has 1 saturated heterocycles. The van der Waals surface area contributed by atoms with Gasteiger partial charge in [0.15, 0.2) is 0 Å². The van der Waals surface area contributed by atoms with Crippen molar-refractivity contribution in [3.63, 3.8) is 0 Å². The highest BCUT2D eigenvalue weighted by molar-refractivity contribution is 7.99. The Kier molecular flexibility index (Phi) is 6.86. The van der Waals surface area contributed by atoms with Crippen molar-refractivity contribution in [2.24, 2.45) is 11.8 Å². The van der Waals surface area contributed by atoms with Gasteiger partial charge in [0, 0.05) is 33.9 Å². The molecule has 0 spiro atoms. The number of aromatic nitrogens is 1. The number of nitrogens with one attached hydrogen (secondary N) is 3. The van der Waals surface area contributed by atoms with E-state index in [0.29, 0.717) is 18.0 Å². The second-order valence-electron chi connectivity index (χ2n) is 8.57. The molecular formula is C25H31N3O2S. The van der Waals surface area contributed by atoms with Gasteiger partial charge < -0.3 is 15.6 Å². The Morgan fingerprint density at radius 3 is 2.61 bits per heavy atom. The molecule has 6 heteroatoms. The Hall–Kier alpha value is -2.47. The fourth-order valence-electron chi connectivity index (χ4n) is 4.22. The van der Waals surface area contributed by atoms with E-state index >= 15 is 0 Å². The number of carbonyl (C=O) groups is 2. The molecule has 1 fully saturated rings. The molecule has 2 heterocycles. The fourth-order valence-corrected chi connectivity index (χ4v) is 5.43. The summed E-state index contributed by atoms with van der Waals surface area (Å²) in [6.07, 6.45) is 3.12. The third-order valence-corrected chi connectivity index (χ3v) is 7.50. The van der Waals surface area contributed by atoms with Gasteiger partial charge in [0.2, 0.25) is 5.91 Å². The van der Waals surface area contributed by atoms with Crippen molar-refractivity contribution < 1.29 is 9.59 Å². The number of fused-ring (bicyclic) bond motifs is 3. The molecule has 0 bridgehead atoms. The highest BCUT2D eigenvalue weighted by Gasteiger charge is 2.27. The molecule has 1 aliphatic rings. The van der Waals surface area contributed by atoms with Gasteiger partial charge in [0.25, 0.3) is 5.91 Å². The standard InChI is InChI=1S/C25H31N3O2S/c1-3-16(2)23(25(30)26-15-17-10-12-31-13-11-17)28-24(29)18-8-9-22-20(14-18)19-6-4-5-7-21(19)27-22/h4-9,14,16-17,23,27H,3,10-13,15H2,1-2H3,(H,26,30)(H,28,29)/t16?,23-/m0/s1. The van der Waals surface area contributed by atoms with Crippen LogP contribution in [0.3, 0.4) is 0 Å². The summed E-state index contributed by atoms with van der Waals surface area (Å²) in [4.78, 5) is 29.4. The van der Waals surface area contributed by atoms with Gasteiger partial charge >= 0.3 is 0 Å².